The number of aryl methyl sites for hydroxylation is 1. The highest BCUT2D eigenvalue weighted by atomic mass is 35.5. The molecule has 0 saturated carbocycles. The van der Waals surface area contributed by atoms with Gasteiger partial charge in [0.05, 0.1) is 17.8 Å². The van der Waals surface area contributed by atoms with Gasteiger partial charge in [0.25, 0.3) is 5.91 Å². The van der Waals surface area contributed by atoms with Gasteiger partial charge in [-0.1, -0.05) is 72.3 Å². The summed E-state index contributed by atoms with van der Waals surface area (Å²) in [4.78, 5) is 32.9. The summed E-state index contributed by atoms with van der Waals surface area (Å²) in [7, 11) is -1.02. The first-order valence-electron chi connectivity index (χ1n) is 17.9. The molecule has 1 atom stereocenters. The van der Waals surface area contributed by atoms with E-state index in [1.54, 1.807) is 11.7 Å². The first-order chi connectivity index (χ1) is 26.2. The number of piperidine rings is 1. The fraction of sp³-hybridized carbons (Fsp3) is 0.262. The molecule has 7 rings (SSSR count). The maximum atomic E-state index is 13.1. The van der Waals surface area contributed by atoms with Crippen molar-refractivity contribution in [2.45, 2.75) is 45.2 Å². The molecule has 3 heterocycles. The van der Waals surface area contributed by atoms with Crippen LogP contribution in [0.5, 0.6) is 5.75 Å². The van der Waals surface area contributed by atoms with Gasteiger partial charge in [-0.05, 0) is 84.3 Å². The number of fused-ring (bicyclic) bond motifs is 3. The first-order valence-corrected chi connectivity index (χ1v) is 19.9. The van der Waals surface area contributed by atoms with E-state index in [9.17, 15) is 13.8 Å². The van der Waals surface area contributed by atoms with Gasteiger partial charge in [0, 0.05) is 58.2 Å². The average Bonchev–Trinajstić information content (AvgIpc) is 3.47. The Kier molecular flexibility index (Phi) is 11.5. The number of nitrogens with zero attached hydrogens (tertiary/aromatic N) is 5. The van der Waals surface area contributed by atoms with E-state index in [0.29, 0.717) is 49.3 Å². The van der Waals surface area contributed by atoms with Gasteiger partial charge >= 0.3 is 0 Å². The van der Waals surface area contributed by atoms with E-state index >= 15 is 0 Å². The summed E-state index contributed by atoms with van der Waals surface area (Å²) < 4.78 is 19.4. The van der Waals surface area contributed by atoms with E-state index in [1.165, 1.54) is 5.56 Å². The van der Waals surface area contributed by atoms with Crippen molar-refractivity contribution < 1.29 is 18.5 Å². The second kappa shape index (κ2) is 16.7. The second-order valence-corrected chi connectivity index (χ2v) is 15.2. The fourth-order valence-electron chi connectivity index (χ4n) is 6.99. The Bertz CT molecular complexity index is 2260. The van der Waals surface area contributed by atoms with Gasteiger partial charge in [-0.2, -0.15) is 0 Å². The molecule has 1 N–H and O–H groups in total. The number of aromatic nitrogens is 3. The lowest BCUT2D eigenvalue weighted by Gasteiger charge is -2.32. The molecule has 5 aromatic rings. The minimum atomic E-state index is -1.02. The van der Waals surface area contributed by atoms with Gasteiger partial charge in [0.1, 0.15) is 18.1 Å². The van der Waals surface area contributed by atoms with Crippen LogP contribution in [0.4, 0.5) is 0 Å². The highest BCUT2D eigenvalue weighted by Crippen LogP contribution is 2.31. The molecule has 1 aromatic heterocycles. The number of likely N-dealkylation sites (tertiary alicyclic amines) is 1. The van der Waals surface area contributed by atoms with E-state index in [0.717, 1.165) is 63.7 Å². The highest BCUT2D eigenvalue weighted by molar-refractivity contribution is 7.87. The van der Waals surface area contributed by atoms with E-state index < -0.39 is 10.8 Å². The minimum absolute atomic E-state index is 0.119. The monoisotopic (exact) mass is 760 g/mol. The van der Waals surface area contributed by atoms with Crippen LogP contribution in [0.25, 0.3) is 11.8 Å². The molecule has 0 bridgehead atoms. The van der Waals surface area contributed by atoms with E-state index in [-0.39, 0.29) is 18.4 Å². The number of halogens is 1. The number of aliphatic imine (C=N–C) groups is 1. The molecule has 1 fully saturated rings. The van der Waals surface area contributed by atoms with Crippen molar-refractivity contribution in [2.75, 3.05) is 26.0 Å². The number of hydrogen-bond donors (Lipinski definition) is 1. The zero-order valence-corrected chi connectivity index (χ0v) is 31.8. The van der Waals surface area contributed by atoms with Crippen LogP contribution in [0, 0.1) is 6.92 Å². The number of ether oxygens (including phenoxy) is 1. The Labute approximate surface area is 322 Å². The molecule has 2 aliphatic heterocycles. The first kappa shape index (κ1) is 36.9. The lowest BCUT2D eigenvalue weighted by Crippen LogP contribution is -2.38. The topological polar surface area (TPSA) is 119 Å². The van der Waals surface area contributed by atoms with Gasteiger partial charge in [-0.15, -0.1) is 10.2 Å². The van der Waals surface area contributed by atoms with E-state index in [2.05, 4.69) is 27.6 Å². The van der Waals surface area contributed by atoms with Crippen LogP contribution in [0.1, 0.15) is 63.8 Å². The number of carbonyl (C=O) groups is 2. The number of nitrogens with one attached hydrogen (secondary N) is 1. The predicted octanol–water partition coefficient (Wildman–Crippen LogP) is 6.57. The van der Waals surface area contributed by atoms with Gasteiger partial charge in [-0.25, -0.2) is 0 Å². The van der Waals surface area contributed by atoms with Gasteiger partial charge in [0.15, 0.2) is 12.4 Å². The number of amides is 2. The second-order valence-electron chi connectivity index (χ2n) is 13.5. The Morgan fingerprint density at radius 1 is 0.963 bits per heavy atom. The Hall–Kier alpha value is -5.39. The molecule has 2 aliphatic rings. The van der Waals surface area contributed by atoms with Crippen LogP contribution in [-0.4, -0.2) is 67.4 Å². The Balaban J connectivity index is 0.928. The number of hydrogen-bond acceptors (Lipinski definition) is 7. The standard InChI is InChI=1S/C42H41ClN6O4S/c1-28-46-47-39-26-45-42(33-9-11-35(43)12-10-33)37-24-36(13-14-38(37)49(28)39)53-27-40(50)44-25-31-7-4-8-34(22-31)32-15-18-48(19-16-32)41(51)23-30-6-3-5-29(21-30)17-20-54(2)52/h3-14,17,20-22,24,32H,15-16,18-19,23,25-27H2,1-2H3,(H,44,50)/b20-17+. The minimum Gasteiger partial charge on any atom is -0.484 e. The summed E-state index contributed by atoms with van der Waals surface area (Å²) in [6.07, 6.45) is 5.55. The van der Waals surface area contributed by atoms with Crippen molar-refractivity contribution in [3.05, 3.63) is 146 Å². The molecule has 2 amide bonds. The molecule has 1 unspecified atom stereocenters. The SMILES string of the molecule is Cc1nnc2n1-c1ccc(OCC(=O)NCc3cccc(C4CCN(C(=O)Cc5cccc(/C=C/S(C)=O)c5)CC4)c3)cc1C(c1ccc(Cl)cc1)=NC2. The number of benzene rings is 4. The number of carbonyl (C=O) groups excluding carboxylic acids is 2. The molecule has 54 heavy (non-hydrogen) atoms. The average molecular weight is 761 g/mol. The molecule has 12 heteroatoms. The molecule has 10 nitrogen and oxygen atoms in total. The van der Waals surface area contributed by atoms with E-state index in [1.807, 2.05) is 101 Å². The van der Waals surface area contributed by atoms with Gasteiger partial charge in [-0.3, -0.25) is 23.4 Å². The third kappa shape index (κ3) is 8.86. The molecule has 0 spiro atoms. The fourth-order valence-corrected chi connectivity index (χ4v) is 7.46. The molecule has 0 aliphatic carbocycles. The normalized spacial score (nSPS) is 14.9. The Morgan fingerprint density at radius 3 is 2.54 bits per heavy atom. The molecule has 276 valence electrons. The third-order valence-electron chi connectivity index (χ3n) is 9.74. The zero-order valence-electron chi connectivity index (χ0n) is 30.2. The summed E-state index contributed by atoms with van der Waals surface area (Å²) in [5.41, 5.74) is 7.52. The molecular weight excluding hydrogens is 720 g/mol. The summed E-state index contributed by atoms with van der Waals surface area (Å²) in [5, 5.41) is 13.9. The van der Waals surface area contributed by atoms with E-state index in [4.69, 9.17) is 21.3 Å². The summed E-state index contributed by atoms with van der Waals surface area (Å²) >= 11 is 6.18. The largest absolute Gasteiger partial charge is 0.484 e. The highest BCUT2D eigenvalue weighted by Gasteiger charge is 2.25. The van der Waals surface area contributed by atoms with Gasteiger partial charge < -0.3 is 15.0 Å². The molecule has 1 saturated heterocycles. The van der Waals surface area contributed by atoms with Crippen molar-refractivity contribution in [3.8, 4) is 11.4 Å². The lowest BCUT2D eigenvalue weighted by molar-refractivity contribution is -0.131. The molecule has 0 radical (unpaired) electrons. The molecular formula is C42H41ClN6O4S. The maximum Gasteiger partial charge on any atom is 0.258 e. The number of rotatable bonds is 11. The van der Waals surface area contributed by atoms with Crippen LogP contribution in [0.15, 0.2) is 101 Å². The lowest BCUT2D eigenvalue weighted by atomic mass is 9.88. The molecule has 4 aromatic carbocycles. The van der Waals surface area contributed by atoms with Crippen molar-refractivity contribution in [1.29, 1.82) is 0 Å². The quantitative estimate of drug-likeness (QED) is 0.163. The predicted molar refractivity (Wildman–Crippen MR) is 212 cm³/mol. The van der Waals surface area contributed by atoms with Crippen molar-refractivity contribution in [3.63, 3.8) is 0 Å². The summed E-state index contributed by atoms with van der Waals surface area (Å²) in [6, 6.07) is 29.4. The smallest absolute Gasteiger partial charge is 0.258 e. The van der Waals surface area contributed by atoms with Crippen molar-refractivity contribution in [2.24, 2.45) is 4.99 Å². The summed E-state index contributed by atoms with van der Waals surface area (Å²) in [5.74, 6) is 2.27. The third-order valence-corrected chi connectivity index (χ3v) is 10.5. The van der Waals surface area contributed by atoms with Crippen LogP contribution in [0.2, 0.25) is 5.02 Å². The van der Waals surface area contributed by atoms with Crippen molar-refractivity contribution >= 4 is 46.0 Å². The van der Waals surface area contributed by atoms with Crippen LogP contribution >= 0.6 is 11.6 Å². The van der Waals surface area contributed by atoms with Crippen LogP contribution in [0.3, 0.4) is 0 Å². The van der Waals surface area contributed by atoms with Crippen LogP contribution in [-0.2, 0) is 39.9 Å². The van der Waals surface area contributed by atoms with Gasteiger partial charge in [0.2, 0.25) is 5.91 Å². The van der Waals surface area contributed by atoms with Crippen molar-refractivity contribution in [1.82, 2.24) is 25.0 Å². The zero-order chi connectivity index (χ0) is 37.6. The van der Waals surface area contributed by atoms with Crippen LogP contribution < -0.4 is 10.1 Å². The summed E-state index contributed by atoms with van der Waals surface area (Å²) in [6.45, 7) is 3.91. The maximum absolute atomic E-state index is 13.1. The Morgan fingerprint density at radius 2 is 1.74 bits per heavy atom.